The number of imidazole rings is 1. The van der Waals surface area contributed by atoms with Crippen LogP contribution in [0.5, 0.6) is 11.5 Å². The van der Waals surface area contributed by atoms with Gasteiger partial charge in [0.1, 0.15) is 5.82 Å². The largest absolute Gasteiger partial charge is 0.454 e. The first-order valence-electron chi connectivity index (χ1n) is 9.02. The van der Waals surface area contributed by atoms with Crippen molar-refractivity contribution in [2.24, 2.45) is 0 Å². The maximum Gasteiger partial charge on any atom is 0.231 e. The lowest BCUT2D eigenvalue weighted by Gasteiger charge is -2.33. The molecule has 6 nitrogen and oxygen atoms in total. The molecule has 148 valence electrons. The van der Waals surface area contributed by atoms with E-state index in [0.29, 0.717) is 12.8 Å². The van der Waals surface area contributed by atoms with E-state index < -0.39 is 0 Å². The number of rotatable bonds is 2. The fraction of sp³-hybridized carbons (Fsp3) is 0.526. The number of halogens is 2. The Balaban J connectivity index is 0.00000105. The average molecular weight is 414 g/mol. The monoisotopic (exact) mass is 413 g/mol. The second-order valence-corrected chi connectivity index (χ2v) is 7.28. The van der Waals surface area contributed by atoms with Gasteiger partial charge in [-0.2, -0.15) is 0 Å². The van der Waals surface area contributed by atoms with Crippen LogP contribution in [0.1, 0.15) is 30.9 Å². The van der Waals surface area contributed by atoms with Crippen molar-refractivity contribution in [1.82, 2.24) is 14.9 Å². The van der Waals surface area contributed by atoms with Gasteiger partial charge in [-0.25, -0.2) is 4.98 Å². The molecule has 2 saturated heterocycles. The molecule has 27 heavy (non-hydrogen) atoms. The lowest BCUT2D eigenvalue weighted by Crippen LogP contribution is -2.41. The van der Waals surface area contributed by atoms with E-state index in [2.05, 4.69) is 28.0 Å². The zero-order valence-corrected chi connectivity index (χ0v) is 16.9. The molecule has 2 aromatic rings. The molecule has 1 aromatic heterocycles. The van der Waals surface area contributed by atoms with Crippen molar-refractivity contribution in [3.05, 3.63) is 30.1 Å². The summed E-state index contributed by atoms with van der Waals surface area (Å²) >= 11 is 0. The molecule has 3 aliphatic heterocycles. The Morgan fingerprint density at radius 1 is 1.15 bits per heavy atom. The van der Waals surface area contributed by atoms with E-state index in [1.54, 1.807) is 0 Å². The summed E-state index contributed by atoms with van der Waals surface area (Å²) in [6.07, 6.45) is 7.20. The molecule has 0 radical (unpaired) electrons. The molecule has 1 atom stereocenters. The minimum absolute atomic E-state index is 0. The van der Waals surface area contributed by atoms with Crippen molar-refractivity contribution in [3.63, 3.8) is 0 Å². The Morgan fingerprint density at radius 3 is 2.67 bits per heavy atom. The standard InChI is InChI=1S/C19H23N3O3.2ClH/c1-13-8-16-17(24-12-23-16)9-15(13)18-21-6-7-22(18)14-10-19(25-11-14)2-4-20-5-3-19;;/h6-9,14,20H,2-5,10-12H2,1H3;2*1H. The zero-order chi connectivity index (χ0) is 16.9. The van der Waals surface area contributed by atoms with Gasteiger partial charge >= 0.3 is 0 Å². The summed E-state index contributed by atoms with van der Waals surface area (Å²) < 4.78 is 19.6. The van der Waals surface area contributed by atoms with Crippen LogP contribution in [0.15, 0.2) is 24.5 Å². The Bertz CT molecular complexity index is 805. The lowest BCUT2D eigenvalue weighted by atomic mass is 9.88. The molecule has 1 spiro atoms. The van der Waals surface area contributed by atoms with Gasteiger partial charge in [-0.3, -0.25) is 0 Å². The third-order valence-corrected chi connectivity index (χ3v) is 5.73. The Morgan fingerprint density at radius 2 is 1.89 bits per heavy atom. The number of hydrogen-bond acceptors (Lipinski definition) is 5. The van der Waals surface area contributed by atoms with Gasteiger partial charge in [0.05, 0.1) is 18.2 Å². The fourth-order valence-electron chi connectivity index (χ4n) is 4.33. The number of aryl methyl sites for hydroxylation is 1. The van der Waals surface area contributed by atoms with Crippen molar-refractivity contribution in [2.45, 2.75) is 37.8 Å². The summed E-state index contributed by atoms with van der Waals surface area (Å²) in [7, 11) is 0. The Hall–Kier alpha value is -1.47. The van der Waals surface area contributed by atoms with Gasteiger partial charge in [-0.15, -0.1) is 24.8 Å². The van der Waals surface area contributed by atoms with E-state index in [1.807, 2.05) is 18.3 Å². The van der Waals surface area contributed by atoms with Crippen LogP contribution in [-0.4, -0.2) is 41.6 Å². The van der Waals surface area contributed by atoms with Crippen LogP contribution in [0, 0.1) is 6.92 Å². The first-order valence-corrected chi connectivity index (χ1v) is 9.02. The van der Waals surface area contributed by atoms with E-state index in [1.165, 1.54) is 0 Å². The van der Waals surface area contributed by atoms with Gasteiger partial charge in [0.25, 0.3) is 0 Å². The average Bonchev–Trinajstić information content (AvgIpc) is 3.34. The Labute approximate surface area is 171 Å². The summed E-state index contributed by atoms with van der Waals surface area (Å²) in [4.78, 5) is 4.65. The van der Waals surface area contributed by atoms with Crippen molar-refractivity contribution in [1.29, 1.82) is 0 Å². The third kappa shape index (κ3) is 3.51. The highest BCUT2D eigenvalue weighted by molar-refractivity contribution is 5.85. The van der Waals surface area contributed by atoms with Crippen molar-refractivity contribution in [2.75, 3.05) is 26.5 Å². The van der Waals surface area contributed by atoms with Gasteiger partial charge in [-0.05, 0) is 57.0 Å². The highest BCUT2D eigenvalue weighted by Gasteiger charge is 2.42. The summed E-state index contributed by atoms with van der Waals surface area (Å²) in [6.45, 7) is 5.23. The van der Waals surface area contributed by atoms with Crippen molar-refractivity contribution in [3.8, 4) is 22.9 Å². The number of benzene rings is 1. The van der Waals surface area contributed by atoms with E-state index in [0.717, 1.165) is 67.4 Å². The quantitative estimate of drug-likeness (QED) is 0.815. The SMILES string of the molecule is Cc1cc2c(cc1-c1nccn1C1COC3(CCNCC3)C1)OCO2.Cl.Cl. The summed E-state index contributed by atoms with van der Waals surface area (Å²) in [5.41, 5.74) is 2.29. The highest BCUT2D eigenvalue weighted by atomic mass is 35.5. The molecule has 0 saturated carbocycles. The predicted octanol–water partition coefficient (Wildman–Crippen LogP) is 3.51. The molecule has 0 amide bonds. The minimum atomic E-state index is 0. The zero-order valence-electron chi connectivity index (χ0n) is 15.3. The van der Waals surface area contributed by atoms with E-state index in [-0.39, 0.29) is 30.4 Å². The van der Waals surface area contributed by atoms with Crippen molar-refractivity contribution >= 4 is 24.8 Å². The normalized spacial score (nSPS) is 22.3. The summed E-state index contributed by atoms with van der Waals surface area (Å²) in [6, 6.07) is 4.42. The van der Waals surface area contributed by atoms with Crippen molar-refractivity contribution < 1.29 is 14.2 Å². The van der Waals surface area contributed by atoms with E-state index in [4.69, 9.17) is 14.2 Å². The van der Waals surface area contributed by atoms with Crippen LogP contribution in [0.3, 0.4) is 0 Å². The molecule has 4 heterocycles. The maximum atomic E-state index is 6.28. The third-order valence-electron chi connectivity index (χ3n) is 5.73. The maximum absolute atomic E-state index is 6.28. The molecule has 5 rings (SSSR count). The number of piperidine rings is 1. The van der Waals surface area contributed by atoms with Gasteiger partial charge in [0.2, 0.25) is 6.79 Å². The molecule has 8 heteroatoms. The molecule has 1 N–H and O–H groups in total. The van der Waals surface area contributed by atoms with E-state index in [9.17, 15) is 0 Å². The van der Waals surface area contributed by atoms with Gasteiger partial charge in [-0.1, -0.05) is 0 Å². The molecule has 1 unspecified atom stereocenters. The number of nitrogens with one attached hydrogen (secondary N) is 1. The molecule has 2 fully saturated rings. The van der Waals surface area contributed by atoms with Crippen LogP contribution in [0.4, 0.5) is 0 Å². The number of fused-ring (bicyclic) bond motifs is 1. The van der Waals surface area contributed by atoms with Gasteiger partial charge < -0.3 is 24.1 Å². The van der Waals surface area contributed by atoms with Gasteiger partial charge in [0, 0.05) is 18.0 Å². The van der Waals surface area contributed by atoms with Crippen LogP contribution in [0.25, 0.3) is 11.4 Å². The molecular formula is C19H25Cl2N3O3. The number of nitrogens with zero attached hydrogens (tertiary/aromatic N) is 2. The van der Waals surface area contributed by atoms with Gasteiger partial charge in [0.15, 0.2) is 11.5 Å². The molecular weight excluding hydrogens is 389 g/mol. The minimum Gasteiger partial charge on any atom is -0.454 e. The second-order valence-electron chi connectivity index (χ2n) is 7.28. The first-order chi connectivity index (χ1) is 12.2. The fourth-order valence-corrected chi connectivity index (χ4v) is 4.33. The molecule has 3 aliphatic rings. The van der Waals surface area contributed by atoms with Crippen LogP contribution in [0.2, 0.25) is 0 Å². The second kappa shape index (κ2) is 7.87. The van der Waals surface area contributed by atoms with E-state index >= 15 is 0 Å². The lowest BCUT2D eigenvalue weighted by molar-refractivity contribution is -0.0195. The highest BCUT2D eigenvalue weighted by Crippen LogP contribution is 2.42. The molecule has 0 bridgehead atoms. The Kier molecular flexibility index (Phi) is 5.91. The summed E-state index contributed by atoms with van der Waals surface area (Å²) in [5.74, 6) is 2.60. The van der Waals surface area contributed by atoms with Crippen LogP contribution < -0.4 is 14.8 Å². The topological polar surface area (TPSA) is 57.5 Å². The number of aromatic nitrogens is 2. The predicted molar refractivity (Wildman–Crippen MR) is 107 cm³/mol. The number of ether oxygens (including phenoxy) is 3. The molecule has 1 aromatic carbocycles. The molecule has 0 aliphatic carbocycles. The summed E-state index contributed by atoms with van der Waals surface area (Å²) in [5, 5.41) is 3.43. The smallest absolute Gasteiger partial charge is 0.231 e. The first kappa shape index (κ1) is 20.3. The number of hydrogen-bond donors (Lipinski definition) is 1. The van der Waals surface area contributed by atoms with Crippen LogP contribution >= 0.6 is 24.8 Å². The van der Waals surface area contributed by atoms with Crippen LogP contribution in [-0.2, 0) is 4.74 Å².